The summed E-state index contributed by atoms with van der Waals surface area (Å²) in [4.78, 5) is 25.5. The van der Waals surface area contributed by atoms with Crippen molar-refractivity contribution in [1.82, 2.24) is 15.1 Å². The van der Waals surface area contributed by atoms with Crippen LogP contribution in [0.2, 0.25) is 0 Å². The van der Waals surface area contributed by atoms with Crippen molar-refractivity contribution < 1.29 is 14.0 Å². The molecule has 0 radical (unpaired) electrons. The minimum absolute atomic E-state index is 0.0779. The number of amides is 2. The lowest BCUT2D eigenvalue weighted by molar-refractivity contribution is -0.116. The smallest absolute Gasteiger partial charge is 0.251 e. The molecular formula is C24H22N4O3. The molecule has 2 amide bonds. The third-order valence-corrected chi connectivity index (χ3v) is 4.80. The van der Waals surface area contributed by atoms with Gasteiger partial charge >= 0.3 is 0 Å². The predicted molar refractivity (Wildman–Crippen MR) is 116 cm³/mol. The van der Waals surface area contributed by atoms with Gasteiger partial charge in [-0.3, -0.25) is 9.59 Å². The van der Waals surface area contributed by atoms with Gasteiger partial charge in [0.25, 0.3) is 5.91 Å². The number of hydrogen-bond acceptors (Lipinski definition) is 4. The maximum atomic E-state index is 12.8. The third-order valence-electron chi connectivity index (χ3n) is 4.80. The van der Waals surface area contributed by atoms with Gasteiger partial charge in [-0.15, -0.1) is 0 Å². The largest absolute Gasteiger partial charge is 0.467 e. The van der Waals surface area contributed by atoms with Crippen molar-refractivity contribution in [3.63, 3.8) is 0 Å². The van der Waals surface area contributed by atoms with E-state index in [0.717, 1.165) is 11.3 Å². The zero-order valence-electron chi connectivity index (χ0n) is 16.8. The van der Waals surface area contributed by atoms with Crippen LogP contribution >= 0.6 is 0 Å². The molecule has 1 atom stereocenters. The topological polar surface area (TPSA) is 89.2 Å². The Morgan fingerprint density at radius 2 is 1.68 bits per heavy atom. The number of carbonyl (C=O) groups excluding carboxylic acids is 2. The van der Waals surface area contributed by atoms with E-state index < -0.39 is 6.04 Å². The zero-order valence-corrected chi connectivity index (χ0v) is 16.8. The van der Waals surface area contributed by atoms with Crippen molar-refractivity contribution in [2.24, 2.45) is 0 Å². The molecule has 31 heavy (non-hydrogen) atoms. The number of aromatic nitrogens is 2. The van der Waals surface area contributed by atoms with Gasteiger partial charge in [0.2, 0.25) is 5.91 Å². The zero-order chi connectivity index (χ0) is 21.5. The monoisotopic (exact) mass is 414 g/mol. The van der Waals surface area contributed by atoms with Crippen LogP contribution in [0.1, 0.15) is 34.1 Å². The Labute approximate surface area is 179 Å². The van der Waals surface area contributed by atoms with E-state index in [1.165, 1.54) is 0 Å². The highest BCUT2D eigenvalue weighted by atomic mass is 16.3. The molecule has 0 spiro atoms. The van der Waals surface area contributed by atoms with E-state index in [2.05, 4.69) is 15.7 Å². The standard InChI is InChI=1S/C24H22N4O3/c29-23(27-22-13-14-25-28(22)17-20-12-7-15-31-20)16-21(18-8-3-1-4-9-18)26-24(30)19-10-5-2-6-11-19/h1-15,21H,16-17H2,(H,26,30)(H,27,29)/t21-/m1/s1. The number of carbonyl (C=O) groups is 2. The Balaban J connectivity index is 1.46. The summed E-state index contributed by atoms with van der Waals surface area (Å²) in [5.41, 5.74) is 1.39. The SMILES string of the molecule is O=C(C[C@@H](NC(=O)c1ccccc1)c1ccccc1)Nc1ccnn1Cc1ccco1. The van der Waals surface area contributed by atoms with Crippen LogP contribution in [0.4, 0.5) is 5.82 Å². The molecule has 7 nitrogen and oxygen atoms in total. The first-order valence-electron chi connectivity index (χ1n) is 9.94. The van der Waals surface area contributed by atoms with E-state index in [9.17, 15) is 9.59 Å². The van der Waals surface area contributed by atoms with E-state index in [1.807, 2.05) is 42.5 Å². The Kier molecular flexibility index (Phi) is 6.23. The molecule has 7 heteroatoms. The molecule has 0 fully saturated rings. The molecule has 2 N–H and O–H groups in total. The molecule has 2 aromatic heterocycles. The lowest BCUT2D eigenvalue weighted by Gasteiger charge is -2.19. The van der Waals surface area contributed by atoms with Gasteiger partial charge in [-0.1, -0.05) is 48.5 Å². The molecule has 2 aromatic carbocycles. The average Bonchev–Trinajstić information content (AvgIpc) is 3.47. The summed E-state index contributed by atoms with van der Waals surface area (Å²) in [6.45, 7) is 0.405. The fourth-order valence-electron chi connectivity index (χ4n) is 3.26. The van der Waals surface area contributed by atoms with E-state index >= 15 is 0 Å². The molecule has 0 aliphatic rings. The van der Waals surface area contributed by atoms with Crippen molar-refractivity contribution in [1.29, 1.82) is 0 Å². The molecule has 2 heterocycles. The molecule has 4 rings (SSSR count). The molecule has 4 aromatic rings. The van der Waals surface area contributed by atoms with Crippen LogP contribution in [0.3, 0.4) is 0 Å². The number of anilines is 1. The van der Waals surface area contributed by atoms with Crippen molar-refractivity contribution in [2.45, 2.75) is 19.0 Å². The van der Waals surface area contributed by atoms with Crippen LogP contribution in [0, 0.1) is 0 Å². The summed E-state index contributed by atoms with van der Waals surface area (Å²) in [7, 11) is 0. The molecule has 0 aliphatic carbocycles. The maximum Gasteiger partial charge on any atom is 0.251 e. The van der Waals surface area contributed by atoms with Crippen molar-refractivity contribution in [3.05, 3.63) is 108 Å². The number of furan rings is 1. The third kappa shape index (κ3) is 5.27. The van der Waals surface area contributed by atoms with E-state index in [0.29, 0.717) is 17.9 Å². The fraction of sp³-hybridized carbons (Fsp3) is 0.125. The first kappa shape index (κ1) is 20.2. The Hall–Kier alpha value is -4.13. The summed E-state index contributed by atoms with van der Waals surface area (Å²) in [5, 5.41) is 10.1. The number of rotatable bonds is 8. The van der Waals surface area contributed by atoms with Crippen molar-refractivity contribution >= 4 is 17.6 Å². The van der Waals surface area contributed by atoms with Gasteiger partial charge < -0.3 is 15.1 Å². The van der Waals surface area contributed by atoms with Gasteiger partial charge in [0, 0.05) is 11.6 Å². The van der Waals surface area contributed by atoms with Crippen LogP contribution in [0.25, 0.3) is 0 Å². The highest BCUT2D eigenvalue weighted by Gasteiger charge is 2.20. The molecular weight excluding hydrogens is 392 g/mol. The van der Waals surface area contributed by atoms with E-state index in [-0.39, 0.29) is 18.2 Å². The Bertz CT molecular complexity index is 1120. The second kappa shape index (κ2) is 9.58. The van der Waals surface area contributed by atoms with Gasteiger partial charge in [0.1, 0.15) is 18.1 Å². The molecule has 0 aliphatic heterocycles. The van der Waals surface area contributed by atoms with E-state index in [1.54, 1.807) is 53.5 Å². The number of nitrogens with one attached hydrogen (secondary N) is 2. The first-order chi connectivity index (χ1) is 15.2. The lowest BCUT2D eigenvalue weighted by atomic mass is 10.0. The minimum atomic E-state index is -0.477. The van der Waals surface area contributed by atoms with Gasteiger partial charge in [0.15, 0.2) is 0 Å². The summed E-state index contributed by atoms with van der Waals surface area (Å²) in [6.07, 6.45) is 3.29. The van der Waals surface area contributed by atoms with Crippen molar-refractivity contribution in [2.75, 3.05) is 5.32 Å². The second-order valence-electron chi connectivity index (χ2n) is 7.01. The quantitative estimate of drug-likeness (QED) is 0.456. The van der Waals surface area contributed by atoms with E-state index in [4.69, 9.17) is 4.42 Å². The normalized spacial score (nSPS) is 11.6. The van der Waals surface area contributed by atoms with Crippen LogP contribution in [-0.4, -0.2) is 21.6 Å². The number of benzene rings is 2. The summed E-state index contributed by atoms with van der Waals surface area (Å²) in [6, 6.07) is 23.3. The summed E-state index contributed by atoms with van der Waals surface area (Å²) < 4.78 is 7.00. The molecule has 156 valence electrons. The van der Waals surface area contributed by atoms with Gasteiger partial charge in [0.05, 0.1) is 24.9 Å². The second-order valence-corrected chi connectivity index (χ2v) is 7.01. The van der Waals surface area contributed by atoms with Crippen molar-refractivity contribution in [3.8, 4) is 0 Å². The lowest BCUT2D eigenvalue weighted by Crippen LogP contribution is -2.31. The molecule has 0 saturated carbocycles. The van der Waals surface area contributed by atoms with Crippen LogP contribution in [0.5, 0.6) is 0 Å². The highest BCUT2D eigenvalue weighted by Crippen LogP contribution is 2.19. The summed E-state index contributed by atoms with van der Waals surface area (Å²) >= 11 is 0. The average molecular weight is 414 g/mol. The number of hydrogen-bond donors (Lipinski definition) is 2. The first-order valence-corrected chi connectivity index (χ1v) is 9.94. The molecule has 0 saturated heterocycles. The predicted octanol–water partition coefficient (Wildman–Crippen LogP) is 4.02. The fourth-order valence-corrected chi connectivity index (χ4v) is 3.26. The Morgan fingerprint density at radius 3 is 2.39 bits per heavy atom. The maximum absolute atomic E-state index is 12.8. The van der Waals surface area contributed by atoms with Crippen LogP contribution in [-0.2, 0) is 11.3 Å². The molecule has 0 unspecified atom stereocenters. The Morgan fingerprint density at radius 1 is 0.935 bits per heavy atom. The van der Waals surface area contributed by atoms with Crippen LogP contribution < -0.4 is 10.6 Å². The van der Waals surface area contributed by atoms with Crippen LogP contribution in [0.15, 0.2) is 95.7 Å². The summed E-state index contributed by atoms with van der Waals surface area (Å²) in [5.74, 6) is 0.826. The van der Waals surface area contributed by atoms with Gasteiger partial charge in [-0.25, -0.2) is 4.68 Å². The van der Waals surface area contributed by atoms with Gasteiger partial charge in [-0.05, 0) is 29.8 Å². The highest BCUT2D eigenvalue weighted by molar-refractivity contribution is 5.95. The minimum Gasteiger partial charge on any atom is -0.467 e. The van der Waals surface area contributed by atoms with Gasteiger partial charge in [-0.2, -0.15) is 5.10 Å². The number of nitrogens with zero attached hydrogens (tertiary/aromatic N) is 2. The molecule has 0 bridgehead atoms.